The smallest absolute Gasteiger partial charge is 0.326 e. The zero-order chi connectivity index (χ0) is 20.3. The van der Waals surface area contributed by atoms with Gasteiger partial charge in [0.25, 0.3) is 0 Å². The maximum absolute atomic E-state index is 12.4. The van der Waals surface area contributed by atoms with Gasteiger partial charge in [-0.15, -0.1) is 0 Å². The van der Waals surface area contributed by atoms with Crippen molar-refractivity contribution >= 4 is 26.1 Å². The molecule has 0 radical (unpaired) electrons. The van der Waals surface area contributed by atoms with Crippen LogP contribution in [0.3, 0.4) is 0 Å². The van der Waals surface area contributed by atoms with Crippen LogP contribution < -0.4 is 5.32 Å². The van der Waals surface area contributed by atoms with E-state index in [1.807, 2.05) is 0 Å². The Hall–Kier alpha value is -1.45. The molecule has 3 atom stereocenters. The summed E-state index contributed by atoms with van der Waals surface area (Å²) in [6.45, 7) is 12.1. The predicted octanol–water partition coefficient (Wildman–Crippen LogP) is 0.949. The number of hydrogen-bond acceptors (Lipinski definition) is 5. The highest BCUT2D eigenvalue weighted by Gasteiger charge is 2.39. The Morgan fingerprint density at radius 2 is 1.88 bits per heavy atom. The number of rotatable bonds is 7. The lowest BCUT2D eigenvalue weighted by Gasteiger charge is -2.36. The van der Waals surface area contributed by atoms with Crippen molar-refractivity contribution in [2.45, 2.75) is 76.9 Å². The summed E-state index contributed by atoms with van der Waals surface area (Å²) >= 11 is 0. The predicted molar refractivity (Wildman–Crippen MR) is 99.1 cm³/mol. The second-order valence-electron chi connectivity index (χ2n) is 8.37. The van der Waals surface area contributed by atoms with Gasteiger partial charge in [0.05, 0.1) is 6.10 Å². The molecular weight excluding hydrogens is 356 g/mol. The van der Waals surface area contributed by atoms with Crippen LogP contribution in [0, 0.1) is 0 Å². The van der Waals surface area contributed by atoms with E-state index < -0.39 is 38.4 Å². The highest BCUT2D eigenvalue weighted by Crippen LogP contribution is 2.36. The van der Waals surface area contributed by atoms with Crippen LogP contribution in [0.2, 0.25) is 18.1 Å². The van der Waals surface area contributed by atoms with E-state index in [0.29, 0.717) is 0 Å². The molecule has 26 heavy (non-hydrogen) atoms. The maximum atomic E-state index is 12.4. The van der Waals surface area contributed by atoms with E-state index in [2.05, 4.69) is 39.2 Å². The molecule has 0 aromatic rings. The quantitative estimate of drug-likeness (QED) is 0.559. The number of β-amino-alcohol motifs (C(OH)–C–C–N with tert-alkyl or cyclic N) is 1. The van der Waals surface area contributed by atoms with E-state index in [1.165, 1.54) is 11.8 Å². The first-order valence-electron chi connectivity index (χ1n) is 8.88. The molecule has 0 aromatic carbocycles. The van der Waals surface area contributed by atoms with Gasteiger partial charge in [-0.1, -0.05) is 20.8 Å². The largest absolute Gasteiger partial charge is 0.480 e. The van der Waals surface area contributed by atoms with Crippen LogP contribution in [0.1, 0.15) is 40.5 Å². The number of amides is 2. The zero-order valence-corrected chi connectivity index (χ0v) is 17.5. The van der Waals surface area contributed by atoms with Gasteiger partial charge in [0.2, 0.25) is 11.8 Å². The number of carbonyl (C=O) groups excluding carboxylic acids is 2. The van der Waals surface area contributed by atoms with Crippen molar-refractivity contribution in [3.05, 3.63) is 0 Å². The molecule has 0 unspecified atom stereocenters. The van der Waals surface area contributed by atoms with E-state index in [0.717, 1.165) is 0 Å². The average molecular weight is 389 g/mol. The first-order valence-corrected chi connectivity index (χ1v) is 11.8. The Kier molecular flexibility index (Phi) is 7.38. The number of carbonyl (C=O) groups is 3. The lowest BCUT2D eigenvalue weighted by Crippen LogP contribution is -2.51. The molecular formula is C17H32N2O6Si. The van der Waals surface area contributed by atoms with Gasteiger partial charge < -0.3 is 24.9 Å². The number of carboxylic acid groups (broad SMARTS) is 1. The second-order valence-corrected chi connectivity index (χ2v) is 13.2. The van der Waals surface area contributed by atoms with E-state index in [9.17, 15) is 24.6 Å². The molecule has 150 valence electrons. The second kappa shape index (κ2) is 8.49. The Balaban J connectivity index is 2.67. The summed E-state index contributed by atoms with van der Waals surface area (Å²) in [6, 6.07) is -1.94. The summed E-state index contributed by atoms with van der Waals surface area (Å²) in [5, 5.41) is 21.6. The molecule has 0 aromatic heterocycles. The fourth-order valence-electron chi connectivity index (χ4n) is 2.58. The molecule has 0 spiro atoms. The lowest BCUT2D eigenvalue weighted by atomic mass is 10.1. The van der Waals surface area contributed by atoms with Crippen LogP contribution in [0.4, 0.5) is 0 Å². The third kappa shape index (κ3) is 5.78. The Bertz CT molecular complexity index is 546. The number of nitrogens with one attached hydrogen (secondary N) is 1. The zero-order valence-electron chi connectivity index (χ0n) is 16.5. The molecule has 0 bridgehead atoms. The van der Waals surface area contributed by atoms with E-state index >= 15 is 0 Å². The first kappa shape index (κ1) is 22.6. The SMILES string of the molecule is CC(=O)N1C[C@H](O)C[C@H]1C(=O)N[C@@H](CCO[Si](C)(C)C(C)(C)C)C(=O)O. The van der Waals surface area contributed by atoms with Crippen LogP contribution in [0.5, 0.6) is 0 Å². The van der Waals surface area contributed by atoms with Crippen molar-refractivity contribution in [1.29, 1.82) is 0 Å². The van der Waals surface area contributed by atoms with E-state index in [1.54, 1.807) is 0 Å². The maximum Gasteiger partial charge on any atom is 0.326 e. The third-order valence-corrected chi connectivity index (χ3v) is 9.81. The number of hydrogen-bond donors (Lipinski definition) is 3. The molecule has 1 fully saturated rings. The lowest BCUT2D eigenvalue weighted by molar-refractivity contribution is -0.143. The van der Waals surface area contributed by atoms with Crippen molar-refractivity contribution in [2.75, 3.05) is 13.2 Å². The number of carboxylic acids is 1. The van der Waals surface area contributed by atoms with Gasteiger partial charge in [0, 0.05) is 32.9 Å². The Morgan fingerprint density at radius 3 is 2.35 bits per heavy atom. The minimum Gasteiger partial charge on any atom is -0.480 e. The molecule has 1 saturated heterocycles. The minimum atomic E-state index is -2.00. The standard InChI is InChI=1S/C17H32N2O6Si/c1-11(20)19-10-12(21)9-14(19)15(22)18-13(16(23)24)7-8-25-26(5,6)17(2,3)4/h12-14,21H,7-10H2,1-6H3,(H,18,22)(H,23,24)/t12-,13+,14+/m1/s1. The number of aliphatic hydroxyl groups is 1. The number of likely N-dealkylation sites (tertiary alicyclic amines) is 1. The minimum absolute atomic E-state index is 0.0109. The number of aliphatic hydroxyl groups excluding tert-OH is 1. The van der Waals surface area contributed by atoms with Gasteiger partial charge >= 0.3 is 5.97 Å². The van der Waals surface area contributed by atoms with Gasteiger partial charge in [-0.25, -0.2) is 4.79 Å². The fourth-order valence-corrected chi connectivity index (χ4v) is 3.65. The summed E-state index contributed by atoms with van der Waals surface area (Å²) < 4.78 is 5.98. The summed E-state index contributed by atoms with van der Waals surface area (Å²) in [5.74, 6) is -2.03. The summed E-state index contributed by atoms with van der Waals surface area (Å²) in [4.78, 5) is 36.8. The molecule has 2 amide bonds. The summed E-state index contributed by atoms with van der Waals surface area (Å²) in [6.07, 6.45) is -0.527. The highest BCUT2D eigenvalue weighted by molar-refractivity contribution is 6.74. The highest BCUT2D eigenvalue weighted by atomic mass is 28.4. The van der Waals surface area contributed by atoms with Crippen LogP contribution in [0.15, 0.2) is 0 Å². The van der Waals surface area contributed by atoms with Crippen LogP contribution >= 0.6 is 0 Å². The molecule has 8 nitrogen and oxygen atoms in total. The van der Waals surface area contributed by atoms with Crippen LogP contribution in [-0.2, 0) is 18.8 Å². The van der Waals surface area contributed by atoms with Crippen molar-refractivity contribution < 1.29 is 29.0 Å². The molecule has 0 saturated carbocycles. The van der Waals surface area contributed by atoms with E-state index in [4.69, 9.17) is 4.43 Å². The van der Waals surface area contributed by atoms with E-state index in [-0.39, 0.29) is 36.9 Å². The monoisotopic (exact) mass is 388 g/mol. The third-order valence-electron chi connectivity index (χ3n) is 5.28. The molecule has 1 heterocycles. The molecule has 1 aliphatic rings. The Labute approximate surface area is 156 Å². The van der Waals surface area contributed by atoms with Gasteiger partial charge in [0.15, 0.2) is 8.32 Å². The fraction of sp³-hybridized carbons (Fsp3) is 0.824. The molecule has 0 aliphatic carbocycles. The van der Waals surface area contributed by atoms with Crippen molar-refractivity contribution in [3.8, 4) is 0 Å². The van der Waals surface area contributed by atoms with Gasteiger partial charge in [-0.05, 0) is 18.1 Å². The van der Waals surface area contributed by atoms with Gasteiger partial charge in [-0.2, -0.15) is 0 Å². The number of nitrogens with zero attached hydrogens (tertiary/aromatic N) is 1. The van der Waals surface area contributed by atoms with Crippen LogP contribution in [-0.4, -0.2) is 72.6 Å². The summed E-state index contributed by atoms with van der Waals surface area (Å²) in [5.41, 5.74) is 0. The average Bonchev–Trinajstić information content (AvgIpc) is 2.87. The van der Waals surface area contributed by atoms with Crippen molar-refractivity contribution in [2.24, 2.45) is 0 Å². The molecule has 1 aliphatic heterocycles. The summed E-state index contributed by atoms with van der Waals surface area (Å²) in [7, 11) is -2.00. The first-order chi connectivity index (χ1) is 11.8. The normalized spacial score (nSPS) is 22.2. The van der Waals surface area contributed by atoms with Crippen molar-refractivity contribution in [1.82, 2.24) is 10.2 Å². The molecule has 1 rings (SSSR count). The van der Waals surface area contributed by atoms with Gasteiger partial charge in [-0.3, -0.25) is 9.59 Å². The van der Waals surface area contributed by atoms with Gasteiger partial charge in [0.1, 0.15) is 12.1 Å². The number of aliphatic carboxylic acids is 1. The molecule has 3 N–H and O–H groups in total. The topological polar surface area (TPSA) is 116 Å². The Morgan fingerprint density at radius 1 is 1.31 bits per heavy atom. The van der Waals surface area contributed by atoms with Crippen LogP contribution in [0.25, 0.3) is 0 Å². The van der Waals surface area contributed by atoms with Crippen molar-refractivity contribution in [3.63, 3.8) is 0 Å². The molecule has 9 heteroatoms.